The minimum absolute atomic E-state index is 0.745. The molecule has 0 bridgehead atoms. The molecule has 1 aromatic heterocycles. The van der Waals surface area contributed by atoms with Gasteiger partial charge in [0.15, 0.2) is 0 Å². The van der Waals surface area contributed by atoms with Gasteiger partial charge in [0.25, 0.3) is 0 Å². The van der Waals surface area contributed by atoms with Gasteiger partial charge < -0.3 is 9.64 Å². The van der Waals surface area contributed by atoms with Gasteiger partial charge >= 0.3 is 0 Å². The smallest absolute Gasteiger partial charge is 0.212 e. The summed E-state index contributed by atoms with van der Waals surface area (Å²) in [7, 11) is 0. The molecule has 0 aliphatic carbocycles. The molecule has 0 fully saturated rings. The SMILES string of the molecule is CCCCN(CCCC)CCCOc1cc(C)nn1Cc1ccccc1. The van der Waals surface area contributed by atoms with Crippen LogP contribution in [0.25, 0.3) is 0 Å². The molecule has 0 aliphatic rings. The van der Waals surface area contributed by atoms with E-state index in [0.717, 1.165) is 37.7 Å². The highest BCUT2D eigenvalue weighted by molar-refractivity contribution is 5.20. The van der Waals surface area contributed by atoms with Crippen molar-refractivity contribution >= 4 is 0 Å². The summed E-state index contributed by atoms with van der Waals surface area (Å²) in [6, 6.07) is 12.5. The molecule has 1 heterocycles. The molecule has 2 aromatic rings. The molecule has 0 atom stereocenters. The van der Waals surface area contributed by atoms with Gasteiger partial charge in [0.05, 0.1) is 18.8 Å². The number of aromatic nitrogens is 2. The molecule has 0 saturated heterocycles. The van der Waals surface area contributed by atoms with Gasteiger partial charge in [0.2, 0.25) is 5.88 Å². The second kappa shape index (κ2) is 11.7. The highest BCUT2D eigenvalue weighted by atomic mass is 16.5. The maximum absolute atomic E-state index is 6.06. The van der Waals surface area contributed by atoms with Crippen LogP contribution in [0.15, 0.2) is 36.4 Å². The summed E-state index contributed by atoms with van der Waals surface area (Å²) in [5.74, 6) is 0.875. The molecular formula is C22H35N3O. The minimum Gasteiger partial charge on any atom is -0.478 e. The maximum atomic E-state index is 6.06. The van der Waals surface area contributed by atoms with E-state index in [-0.39, 0.29) is 0 Å². The van der Waals surface area contributed by atoms with Crippen molar-refractivity contribution in [2.24, 2.45) is 0 Å². The Hall–Kier alpha value is -1.81. The third-order valence-corrected chi connectivity index (χ3v) is 4.56. The Morgan fingerprint density at radius 1 is 0.962 bits per heavy atom. The lowest BCUT2D eigenvalue weighted by Crippen LogP contribution is -2.28. The molecule has 0 amide bonds. The fourth-order valence-electron chi connectivity index (χ4n) is 3.07. The van der Waals surface area contributed by atoms with E-state index in [1.54, 1.807) is 0 Å². The first-order valence-corrected chi connectivity index (χ1v) is 10.2. The van der Waals surface area contributed by atoms with Crippen LogP contribution in [0.5, 0.6) is 5.88 Å². The number of hydrogen-bond donors (Lipinski definition) is 0. The first-order valence-electron chi connectivity index (χ1n) is 10.2. The van der Waals surface area contributed by atoms with E-state index in [1.165, 1.54) is 44.3 Å². The second-order valence-corrected chi connectivity index (χ2v) is 7.02. The number of nitrogens with zero attached hydrogens (tertiary/aromatic N) is 3. The Bertz CT molecular complexity index is 601. The van der Waals surface area contributed by atoms with Crippen LogP contribution in [0.3, 0.4) is 0 Å². The van der Waals surface area contributed by atoms with Crippen molar-refractivity contribution in [3.63, 3.8) is 0 Å². The predicted molar refractivity (Wildman–Crippen MR) is 109 cm³/mol. The van der Waals surface area contributed by atoms with Gasteiger partial charge in [-0.2, -0.15) is 5.10 Å². The summed E-state index contributed by atoms with van der Waals surface area (Å²) in [6.07, 6.45) is 6.15. The molecule has 144 valence electrons. The van der Waals surface area contributed by atoms with Crippen molar-refractivity contribution in [3.05, 3.63) is 47.7 Å². The number of hydrogen-bond acceptors (Lipinski definition) is 3. The van der Waals surface area contributed by atoms with E-state index in [0.29, 0.717) is 0 Å². The number of rotatable bonds is 13. The van der Waals surface area contributed by atoms with Crippen molar-refractivity contribution < 1.29 is 4.74 Å². The Balaban J connectivity index is 1.81. The Morgan fingerprint density at radius 3 is 2.27 bits per heavy atom. The molecule has 0 unspecified atom stereocenters. The first kappa shape index (κ1) is 20.5. The quantitative estimate of drug-likeness (QED) is 0.477. The lowest BCUT2D eigenvalue weighted by molar-refractivity contribution is 0.221. The summed E-state index contributed by atoms with van der Waals surface area (Å²) < 4.78 is 8.03. The number of benzene rings is 1. The lowest BCUT2D eigenvalue weighted by atomic mass is 10.2. The molecule has 4 heteroatoms. The van der Waals surface area contributed by atoms with E-state index in [1.807, 2.05) is 23.7 Å². The van der Waals surface area contributed by atoms with Crippen LogP contribution < -0.4 is 4.74 Å². The van der Waals surface area contributed by atoms with Gasteiger partial charge in [-0.3, -0.25) is 0 Å². The molecule has 0 radical (unpaired) electrons. The normalized spacial score (nSPS) is 11.2. The molecule has 0 saturated carbocycles. The van der Waals surface area contributed by atoms with E-state index in [4.69, 9.17) is 4.74 Å². The van der Waals surface area contributed by atoms with Crippen LogP contribution in [-0.4, -0.2) is 40.9 Å². The van der Waals surface area contributed by atoms with Gasteiger partial charge in [0.1, 0.15) is 0 Å². The summed E-state index contributed by atoms with van der Waals surface area (Å²) >= 11 is 0. The zero-order valence-corrected chi connectivity index (χ0v) is 16.8. The molecule has 0 aliphatic heterocycles. The minimum atomic E-state index is 0.745. The summed E-state index contributed by atoms with van der Waals surface area (Å²) in [5.41, 5.74) is 2.24. The van der Waals surface area contributed by atoms with E-state index in [9.17, 15) is 0 Å². The van der Waals surface area contributed by atoms with Gasteiger partial charge in [0, 0.05) is 12.6 Å². The number of aryl methyl sites for hydroxylation is 1. The number of unbranched alkanes of at least 4 members (excludes halogenated alkanes) is 2. The molecule has 26 heavy (non-hydrogen) atoms. The van der Waals surface area contributed by atoms with Crippen molar-refractivity contribution in [2.75, 3.05) is 26.2 Å². The average Bonchev–Trinajstić information content (AvgIpc) is 3.00. The fourth-order valence-corrected chi connectivity index (χ4v) is 3.07. The predicted octanol–water partition coefficient (Wildman–Crippen LogP) is 4.91. The topological polar surface area (TPSA) is 30.3 Å². The molecule has 2 rings (SSSR count). The summed E-state index contributed by atoms with van der Waals surface area (Å²) in [6.45, 7) is 11.6. The largest absolute Gasteiger partial charge is 0.478 e. The number of ether oxygens (including phenoxy) is 1. The fraction of sp³-hybridized carbons (Fsp3) is 0.591. The van der Waals surface area contributed by atoms with Crippen LogP contribution in [0.4, 0.5) is 0 Å². The van der Waals surface area contributed by atoms with Gasteiger partial charge in [-0.15, -0.1) is 0 Å². The molecule has 0 spiro atoms. The van der Waals surface area contributed by atoms with Gasteiger partial charge in [-0.1, -0.05) is 57.0 Å². The van der Waals surface area contributed by atoms with Crippen molar-refractivity contribution in [1.29, 1.82) is 0 Å². The van der Waals surface area contributed by atoms with Gasteiger partial charge in [-0.25, -0.2) is 4.68 Å². The zero-order chi connectivity index (χ0) is 18.6. The average molecular weight is 358 g/mol. The lowest BCUT2D eigenvalue weighted by Gasteiger charge is -2.21. The van der Waals surface area contributed by atoms with Crippen molar-refractivity contribution in [3.8, 4) is 5.88 Å². The van der Waals surface area contributed by atoms with Crippen molar-refractivity contribution in [1.82, 2.24) is 14.7 Å². The monoisotopic (exact) mass is 357 g/mol. The van der Waals surface area contributed by atoms with Crippen LogP contribution in [0, 0.1) is 6.92 Å². The standard InChI is InChI=1S/C22H35N3O/c1-4-6-14-24(15-7-5-2)16-11-17-26-22-18-20(3)23-25(22)19-21-12-9-8-10-13-21/h8-10,12-13,18H,4-7,11,14-17,19H2,1-3H3. The Labute approximate surface area is 159 Å². The highest BCUT2D eigenvalue weighted by Crippen LogP contribution is 2.16. The third-order valence-electron chi connectivity index (χ3n) is 4.56. The van der Waals surface area contributed by atoms with E-state index in [2.05, 4.69) is 48.1 Å². The Kier molecular flexibility index (Phi) is 9.26. The van der Waals surface area contributed by atoms with Crippen molar-refractivity contribution in [2.45, 2.75) is 59.4 Å². The van der Waals surface area contributed by atoms with Crippen LogP contribution in [0.1, 0.15) is 57.2 Å². The molecular weight excluding hydrogens is 322 g/mol. The van der Waals surface area contributed by atoms with Crippen LogP contribution in [0.2, 0.25) is 0 Å². The third kappa shape index (κ3) is 7.20. The van der Waals surface area contributed by atoms with E-state index >= 15 is 0 Å². The van der Waals surface area contributed by atoms with Crippen LogP contribution >= 0.6 is 0 Å². The molecule has 4 nitrogen and oxygen atoms in total. The second-order valence-electron chi connectivity index (χ2n) is 7.02. The van der Waals surface area contributed by atoms with Crippen LogP contribution in [-0.2, 0) is 6.54 Å². The summed E-state index contributed by atoms with van der Waals surface area (Å²) in [4.78, 5) is 2.59. The maximum Gasteiger partial charge on any atom is 0.212 e. The molecule has 0 N–H and O–H groups in total. The summed E-state index contributed by atoms with van der Waals surface area (Å²) in [5, 5.41) is 4.58. The highest BCUT2D eigenvalue weighted by Gasteiger charge is 2.08. The molecule has 1 aromatic carbocycles. The first-order chi connectivity index (χ1) is 12.7. The zero-order valence-electron chi connectivity index (χ0n) is 16.8. The van der Waals surface area contributed by atoms with E-state index < -0.39 is 0 Å². The Morgan fingerprint density at radius 2 is 1.62 bits per heavy atom. The van der Waals surface area contributed by atoms with Gasteiger partial charge in [-0.05, 0) is 44.8 Å².